The molecule has 0 spiro atoms. The Labute approximate surface area is 140 Å². The van der Waals surface area contributed by atoms with E-state index in [1.54, 1.807) is 0 Å². The van der Waals surface area contributed by atoms with Crippen LogP contribution < -0.4 is 4.74 Å². The molecule has 0 radical (unpaired) electrons. The normalized spacial score (nSPS) is 10.5. The molecule has 0 aliphatic rings. The van der Waals surface area contributed by atoms with Crippen molar-refractivity contribution >= 4 is 5.97 Å². The summed E-state index contributed by atoms with van der Waals surface area (Å²) in [5, 5.41) is 13.2. The van der Waals surface area contributed by atoms with Gasteiger partial charge in [-0.2, -0.15) is 5.10 Å². The van der Waals surface area contributed by atoms with Gasteiger partial charge in [0, 0.05) is 12.6 Å². The van der Waals surface area contributed by atoms with Gasteiger partial charge in [-0.25, -0.2) is 4.68 Å². The van der Waals surface area contributed by atoms with E-state index in [-0.39, 0.29) is 6.42 Å². The van der Waals surface area contributed by atoms with E-state index in [1.165, 1.54) is 0 Å². The van der Waals surface area contributed by atoms with E-state index in [4.69, 9.17) is 9.84 Å². The molecule has 5 heteroatoms. The molecule has 3 aromatic rings. The summed E-state index contributed by atoms with van der Waals surface area (Å²) in [6, 6.07) is 19.3. The molecule has 3 rings (SSSR count). The number of ether oxygens (including phenoxy) is 1. The quantitative estimate of drug-likeness (QED) is 0.723. The average Bonchev–Trinajstić information content (AvgIpc) is 3.09. The van der Waals surface area contributed by atoms with Gasteiger partial charge in [-0.15, -0.1) is 0 Å². The number of carboxylic acids is 1. The monoisotopic (exact) mass is 322 g/mol. The van der Waals surface area contributed by atoms with Crippen LogP contribution in [-0.2, 0) is 17.8 Å². The van der Waals surface area contributed by atoms with Crippen molar-refractivity contribution in [3.63, 3.8) is 0 Å². The first-order valence-electron chi connectivity index (χ1n) is 7.74. The summed E-state index contributed by atoms with van der Waals surface area (Å²) in [5.74, 6) is -0.0485. The first-order valence-corrected chi connectivity index (χ1v) is 7.74. The first-order chi connectivity index (χ1) is 11.7. The minimum absolute atomic E-state index is 0.136. The molecule has 0 bridgehead atoms. The Morgan fingerprint density at radius 1 is 1.04 bits per heavy atom. The van der Waals surface area contributed by atoms with Crippen LogP contribution in [0.15, 0.2) is 66.9 Å². The van der Waals surface area contributed by atoms with Gasteiger partial charge in [-0.05, 0) is 42.3 Å². The molecule has 0 saturated heterocycles. The molecule has 0 saturated carbocycles. The Morgan fingerprint density at radius 3 is 2.50 bits per heavy atom. The lowest BCUT2D eigenvalue weighted by atomic mass is 10.1. The zero-order valence-electron chi connectivity index (χ0n) is 13.1. The van der Waals surface area contributed by atoms with Gasteiger partial charge in [0.05, 0.1) is 5.69 Å². The van der Waals surface area contributed by atoms with E-state index < -0.39 is 5.97 Å². The van der Waals surface area contributed by atoms with Gasteiger partial charge < -0.3 is 9.84 Å². The largest absolute Gasteiger partial charge is 0.487 e. The van der Waals surface area contributed by atoms with Crippen LogP contribution in [0.4, 0.5) is 0 Å². The second-order valence-corrected chi connectivity index (χ2v) is 5.41. The van der Waals surface area contributed by atoms with Crippen LogP contribution in [0.3, 0.4) is 0 Å². The Balaban J connectivity index is 1.56. The summed E-state index contributed by atoms with van der Waals surface area (Å²) < 4.78 is 7.54. The van der Waals surface area contributed by atoms with Crippen molar-refractivity contribution in [1.29, 1.82) is 0 Å². The number of para-hydroxylation sites is 1. The number of nitrogens with zero attached hydrogens (tertiary/aromatic N) is 2. The van der Waals surface area contributed by atoms with E-state index in [9.17, 15) is 4.79 Å². The highest BCUT2D eigenvalue weighted by Gasteiger charge is 2.03. The number of carboxylic acid groups (broad SMARTS) is 1. The molecule has 1 heterocycles. The number of rotatable bonds is 7. The highest BCUT2D eigenvalue weighted by atomic mass is 16.5. The van der Waals surface area contributed by atoms with Crippen LogP contribution in [-0.4, -0.2) is 20.9 Å². The van der Waals surface area contributed by atoms with Crippen molar-refractivity contribution in [2.75, 3.05) is 0 Å². The third-order valence-corrected chi connectivity index (χ3v) is 3.60. The number of carbonyl (C=O) groups is 1. The minimum Gasteiger partial charge on any atom is -0.487 e. The molecule has 5 nitrogen and oxygen atoms in total. The van der Waals surface area contributed by atoms with Crippen LogP contribution in [0, 0.1) is 0 Å². The van der Waals surface area contributed by atoms with Gasteiger partial charge in [-0.1, -0.05) is 30.3 Å². The number of hydrogen-bond donors (Lipinski definition) is 1. The highest BCUT2D eigenvalue weighted by Crippen LogP contribution is 2.15. The standard InChI is InChI=1S/C19H18N2O3/c22-19(23)11-8-15-6-9-18(10-7-15)24-14-16-12-13-21(20-16)17-4-2-1-3-5-17/h1-7,9-10,12-13H,8,11,14H2,(H,22,23). The second-order valence-electron chi connectivity index (χ2n) is 5.41. The lowest BCUT2D eigenvalue weighted by molar-refractivity contribution is -0.136. The van der Waals surface area contributed by atoms with E-state index >= 15 is 0 Å². The van der Waals surface area contributed by atoms with E-state index in [0.29, 0.717) is 13.0 Å². The predicted molar refractivity (Wildman–Crippen MR) is 90.3 cm³/mol. The van der Waals surface area contributed by atoms with Crippen LogP contribution in [0.25, 0.3) is 5.69 Å². The van der Waals surface area contributed by atoms with E-state index in [0.717, 1.165) is 22.7 Å². The maximum atomic E-state index is 10.6. The third kappa shape index (κ3) is 4.23. The molecule has 0 aliphatic carbocycles. The molecule has 0 fully saturated rings. The smallest absolute Gasteiger partial charge is 0.303 e. The van der Waals surface area contributed by atoms with Gasteiger partial charge in [0.25, 0.3) is 0 Å². The van der Waals surface area contributed by atoms with Crippen molar-refractivity contribution in [3.05, 3.63) is 78.1 Å². The molecular formula is C19H18N2O3. The summed E-state index contributed by atoms with van der Waals surface area (Å²) in [4.78, 5) is 10.6. The zero-order valence-corrected chi connectivity index (χ0v) is 13.1. The topological polar surface area (TPSA) is 64.3 Å². The number of benzene rings is 2. The fourth-order valence-electron chi connectivity index (χ4n) is 2.32. The summed E-state index contributed by atoms with van der Waals surface area (Å²) in [7, 11) is 0. The first kappa shape index (κ1) is 15.8. The lowest BCUT2D eigenvalue weighted by Crippen LogP contribution is -2.00. The van der Waals surface area contributed by atoms with Crippen molar-refractivity contribution < 1.29 is 14.6 Å². The summed E-state index contributed by atoms with van der Waals surface area (Å²) in [6.45, 7) is 0.383. The van der Waals surface area contributed by atoms with Crippen LogP contribution in [0.5, 0.6) is 5.75 Å². The summed E-state index contributed by atoms with van der Waals surface area (Å²) >= 11 is 0. The molecule has 0 atom stereocenters. The zero-order chi connectivity index (χ0) is 16.8. The summed E-state index contributed by atoms with van der Waals surface area (Å²) in [5.41, 5.74) is 2.83. The van der Waals surface area contributed by atoms with Crippen LogP contribution in [0.2, 0.25) is 0 Å². The van der Waals surface area contributed by atoms with E-state index in [2.05, 4.69) is 5.10 Å². The Hall–Kier alpha value is -3.08. The average molecular weight is 322 g/mol. The van der Waals surface area contributed by atoms with Gasteiger partial charge >= 0.3 is 5.97 Å². The van der Waals surface area contributed by atoms with Crippen molar-refractivity contribution in [2.45, 2.75) is 19.4 Å². The molecule has 24 heavy (non-hydrogen) atoms. The fraction of sp³-hybridized carbons (Fsp3) is 0.158. The van der Waals surface area contributed by atoms with Gasteiger partial charge in [0.15, 0.2) is 0 Å². The van der Waals surface area contributed by atoms with E-state index in [1.807, 2.05) is 71.5 Å². The Bertz CT molecular complexity index is 795. The Morgan fingerprint density at radius 2 is 1.79 bits per heavy atom. The van der Waals surface area contributed by atoms with Gasteiger partial charge in [0.2, 0.25) is 0 Å². The Kier molecular flexibility index (Phi) is 4.91. The van der Waals surface area contributed by atoms with Crippen LogP contribution in [0.1, 0.15) is 17.7 Å². The minimum atomic E-state index is -0.788. The number of aliphatic carboxylic acids is 1. The molecule has 0 aliphatic heterocycles. The van der Waals surface area contributed by atoms with Crippen LogP contribution >= 0.6 is 0 Å². The van der Waals surface area contributed by atoms with Crippen molar-refractivity contribution in [3.8, 4) is 11.4 Å². The molecule has 122 valence electrons. The van der Waals surface area contributed by atoms with Crippen molar-refractivity contribution in [2.24, 2.45) is 0 Å². The number of hydrogen-bond acceptors (Lipinski definition) is 3. The number of aryl methyl sites for hydroxylation is 1. The lowest BCUT2D eigenvalue weighted by Gasteiger charge is -2.05. The van der Waals surface area contributed by atoms with Crippen molar-refractivity contribution in [1.82, 2.24) is 9.78 Å². The predicted octanol–water partition coefficient (Wildman–Crippen LogP) is 3.47. The second kappa shape index (κ2) is 7.46. The molecular weight excluding hydrogens is 304 g/mol. The SMILES string of the molecule is O=C(O)CCc1ccc(OCc2ccn(-c3ccccc3)n2)cc1. The molecule has 2 aromatic carbocycles. The highest BCUT2D eigenvalue weighted by molar-refractivity contribution is 5.67. The molecule has 1 aromatic heterocycles. The maximum absolute atomic E-state index is 10.6. The number of aromatic nitrogens is 2. The molecule has 0 unspecified atom stereocenters. The third-order valence-electron chi connectivity index (χ3n) is 3.60. The van der Waals surface area contributed by atoms with Gasteiger partial charge in [-0.3, -0.25) is 4.79 Å². The molecule has 0 amide bonds. The maximum Gasteiger partial charge on any atom is 0.303 e. The van der Waals surface area contributed by atoms with Gasteiger partial charge in [0.1, 0.15) is 18.1 Å². The summed E-state index contributed by atoms with van der Waals surface area (Å²) in [6.07, 6.45) is 2.57. The molecule has 1 N–H and O–H groups in total. The fourth-order valence-corrected chi connectivity index (χ4v) is 2.32.